The number of benzene rings is 1. The van der Waals surface area contributed by atoms with Crippen molar-refractivity contribution < 1.29 is 13.2 Å². The van der Waals surface area contributed by atoms with E-state index in [2.05, 4.69) is 9.97 Å². The molecule has 0 aliphatic carbocycles. The lowest BCUT2D eigenvalue weighted by Crippen LogP contribution is -2.03. The second-order valence-electron chi connectivity index (χ2n) is 4.35. The smallest absolute Gasteiger partial charge is 0.355 e. The van der Waals surface area contributed by atoms with E-state index in [9.17, 15) is 13.2 Å². The average molecular weight is 297 g/mol. The maximum absolute atomic E-state index is 12.7. The van der Waals surface area contributed by atoms with Gasteiger partial charge >= 0.3 is 6.18 Å². The molecule has 2 heterocycles. The molecule has 0 unspecified atom stereocenters. The van der Waals surface area contributed by atoms with Gasteiger partial charge in [0, 0.05) is 28.4 Å². The van der Waals surface area contributed by atoms with Crippen molar-refractivity contribution in [3.05, 3.63) is 53.3 Å². The van der Waals surface area contributed by atoms with Crippen molar-refractivity contribution in [2.75, 3.05) is 0 Å². The Kier molecular flexibility index (Phi) is 2.94. The zero-order valence-corrected chi connectivity index (χ0v) is 10.8. The van der Waals surface area contributed by atoms with Crippen LogP contribution in [0.3, 0.4) is 0 Å². The van der Waals surface area contributed by atoms with Gasteiger partial charge in [0.05, 0.1) is 5.56 Å². The monoisotopic (exact) mass is 296 g/mol. The van der Waals surface area contributed by atoms with E-state index in [1.54, 1.807) is 24.4 Å². The highest BCUT2D eigenvalue weighted by Crippen LogP contribution is 2.33. The highest BCUT2D eigenvalue weighted by Gasteiger charge is 2.30. The summed E-state index contributed by atoms with van der Waals surface area (Å²) in [4.78, 5) is 6.93. The third-order valence-corrected chi connectivity index (χ3v) is 3.19. The molecule has 2 aromatic heterocycles. The molecule has 102 valence electrons. The second kappa shape index (κ2) is 4.52. The van der Waals surface area contributed by atoms with E-state index < -0.39 is 11.7 Å². The Morgan fingerprint density at radius 2 is 1.85 bits per heavy atom. The third kappa shape index (κ3) is 2.36. The Labute approximate surface area is 117 Å². The van der Waals surface area contributed by atoms with Crippen LogP contribution < -0.4 is 0 Å². The van der Waals surface area contributed by atoms with Gasteiger partial charge < -0.3 is 4.98 Å². The molecule has 3 aromatic rings. The molecule has 0 saturated heterocycles. The van der Waals surface area contributed by atoms with Gasteiger partial charge in [0.15, 0.2) is 0 Å². The lowest BCUT2D eigenvalue weighted by atomic mass is 10.1. The van der Waals surface area contributed by atoms with Crippen molar-refractivity contribution >= 4 is 22.5 Å². The Balaban J connectivity index is 2.11. The largest absolute Gasteiger partial charge is 0.416 e. The fourth-order valence-corrected chi connectivity index (χ4v) is 2.21. The molecular formula is C14H8ClF3N2. The summed E-state index contributed by atoms with van der Waals surface area (Å²) in [5.74, 6) is 0. The highest BCUT2D eigenvalue weighted by atomic mass is 35.5. The summed E-state index contributed by atoms with van der Waals surface area (Å²) in [7, 11) is 0. The van der Waals surface area contributed by atoms with Crippen molar-refractivity contribution in [3.8, 4) is 11.3 Å². The Morgan fingerprint density at radius 3 is 2.55 bits per heavy atom. The second-order valence-corrected chi connectivity index (χ2v) is 4.74. The molecule has 0 amide bonds. The lowest BCUT2D eigenvalue weighted by molar-refractivity contribution is -0.137. The van der Waals surface area contributed by atoms with Crippen molar-refractivity contribution in [3.63, 3.8) is 0 Å². The minimum atomic E-state index is -4.34. The van der Waals surface area contributed by atoms with Crippen molar-refractivity contribution in [1.82, 2.24) is 9.97 Å². The molecule has 0 spiro atoms. The molecule has 3 rings (SSSR count). The molecular weight excluding hydrogens is 289 g/mol. The van der Waals surface area contributed by atoms with E-state index >= 15 is 0 Å². The van der Waals surface area contributed by atoms with Gasteiger partial charge in [0.2, 0.25) is 0 Å². The highest BCUT2D eigenvalue weighted by molar-refractivity contribution is 6.29. The Bertz CT molecular complexity index is 777. The van der Waals surface area contributed by atoms with Gasteiger partial charge in [-0.3, -0.25) is 0 Å². The van der Waals surface area contributed by atoms with Crippen molar-refractivity contribution in [1.29, 1.82) is 0 Å². The minimum Gasteiger partial charge on any atom is -0.355 e. The van der Waals surface area contributed by atoms with E-state index in [0.717, 1.165) is 17.7 Å². The van der Waals surface area contributed by atoms with Crippen LogP contribution >= 0.6 is 11.6 Å². The number of halogens is 4. The van der Waals surface area contributed by atoms with Crippen LogP contribution in [0.15, 0.2) is 42.6 Å². The molecule has 6 heteroatoms. The van der Waals surface area contributed by atoms with Gasteiger partial charge in [-0.2, -0.15) is 13.2 Å². The fourth-order valence-electron chi connectivity index (χ4n) is 2.03. The van der Waals surface area contributed by atoms with Crippen LogP contribution in [0.5, 0.6) is 0 Å². The number of pyridine rings is 1. The van der Waals surface area contributed by atoms with Crippen LogP contribution in [0.25, 0.3) is 22.2 Å². The molecule has 1 aromatic carbocycles. The number of aromatic nitrogens is 2. The topological polar surface area (TPSA) is 28.7 Å². The summed E-state index contributed by atoms with van der Waals surface area (Å²) in [5, 5.41) is 0.833. The molecule has 0 fully saturated rings. The molecule has 0 bridgehead atoms. The van der Waals surface area contributed by atoms with Gasteiger partial charge in [-0.05, 0) is 36.4 Å². The van der Waals surface area contributed by atoms with Gasteiger partial charge in [0.25, 0.3) is 0 Å². The number of hydrogen-bond acceptors (Lipinski definition) is 1. The number of alkyl halides is 3. The maximum atomic E-state index is 12.7. The number of rotatable bonds is 1. The lowest BCUT2D eigenvalue weighted by Gasteiger charge is -2.05. The van der Waals surface area contributed by atoms with Crippen molar-refractivity contribution in [2.45, 2.75) is 6.18 Å². The molecule has 0 atom stereocenters. The van der Waals surface area contributed by atoms with E-state index in [-0.39, 0.29) is 0 Å². The number of H-pyrrole nitrogens is 1. The zero-order chi connectivity index (χ0) is 14.3. The van der Waals surface area contributed by atoms with Gasteiger partial charge in [-0.15, -0.1) is 0 Å². The average Bonchev–Trinajstić information content (AvgIpc) is 2.80. The van der Waals surface area contributed by atoms with Crippen LogP contribution in [0.4, 0.5) is 13.2 Å². The van der Waals surface area contributed by atoms with Crippen LogP contribution in [0, 0.1) is 0 Å². The molecule has 0 radical (unpaired) electrons. The summed E-state index contributed by atoms with van der Waals surface area (Å²) in [5.41, 5.74) is 1.45. The summed E-state index contributed by atoms with van der Waals surface area (Å²) >= 11 is 5.80. The van der Waals surface area contributed by atoms with Crippen LogP contribution in [0.2, 0.25) is 5.15 Å². The first-order valence-electron chi connectivity index (χ1n) is 5.75. The predicted molar refractivity (Wildman–Crippen MR) is 71.5 cm³/mol. The van der Waals surface area contributed by atoms with Gasteiger partial charge in [-0.25, -0.2) is 4.98 Å². The number of nitrogens with zero attached hydrogens (tertiary/aromatic N) is 1. The molecule has 0 aliphatic heterocycles. The number of hydrogen-bond donors (Lipinski definition) is 1. The predicted octanol–water partition coefficient (Wildman–Crippen LogP) is 4.90. The first kappa shape index (κ1) is 13.0. The summed E-state index contributed by atoms with van der Waals surface area (Å²) in [6.45, 7) is 0. The van der Waals surface area contributed by atoms with E-state index in [4.69, 9.17) is 11.6 Å². The molecule has 0 saturated carbocycles. The van der Waals surface area contributed by atoms with Crippen LogP contribution in [-0.2, 0) is 6.18 Å². The standard InChI is InChI=1S/C14H8ClF3N2/c15-13-7-8(3-4-19-13)12-6-9-5-10(14(16,17)18)1-2-11(9)20-12/h1-7,20H. The molecule has 0 aliphatic rings. The SMILES string of the molecule is FC(F)(F)c1ccc2[nH]c(-c3ccnc(Cl)c3)cc2c1. The molecule has 20 heavy (non-hydrogen) atoms. The van der Waals surface area contributed by atoms with Gasteiger partial charge in [0.1, 0.15) is 5.15 Å². The number of nitrogens with one attached hydrogen (secondary N) is 1. The van der Waals surface area contributed by atoms with E-state index in [0.29, 0.717) is 21.7 Å². The van der Waals surface area contributed by atoms with Crippen molar-refractivity contribution in [2.24, 2.45) is 0 Å². The summed E-state index contributed by atoms with van der Waals surface area (Å²) in [6.07, 6.45) is -2.80. The van der Waals surface area contributed by atoms with Crippen LogP contribution in [0.1, 0.15) is 5.56 Å². The van der Waals surface area contributed by atoms with Crippen LogP contribution in [-0.4, -0.2) is 9.97 Å². The summed E-state index contributed by atoms with van der Waals surface area (Å²) < 4.78 is 38.0. The minimum absolute atomic E-state index is 0.331. The van der Waals surface area contributed by atoms with E-state index in [1.807, 2.05) is 0 Å². The normalized spacial score (nSPS) is 12.0. The molecule has 2 nitrogen and oxygen atoms in total. The summed E-state index contributed by atoms with van der Waals surface area (Å²) in [6, 6.07) is 8.65. The quantitative estimate of drug-likeness (QED) is 0.636. The zero-order valence-electron chi connectivity index (χ0n) is 10.0. The maximum Gasteiger partial charge on any atom is 0.416 e. The molecule has 1 N–H and O–H groups in total. The number of fused-ring (bicyclic) bond motifs is 1. The van der Waals surface area contributed by atoms with E-state index in [1.165, 1.54) is 6.07 Å². The number of aromatic amines is 1. The van der Waals surface area contributed by atoms with Gasteiger partial charge in [-0.1, -0.05) is 11.6 Å². The first-order chi connectivity index (χ1) is 9.43. The third-order valence-electron chi connectivity index (χ3n) is 2.99. The Hall–Kier alpha value is -2.01. The fraction of sp³-hybridized carbons (Fsp3) is 0.0714. The first-order valence-corrected chi connectivity index (χ1v) is 6.13. The Morgan fingerprint density at radius 1 is 1.05 bits per heavy atom.